The topological polar surface area (TPSA) is 50.4 Å². The van der Waals surface area contributed by atoms with Crippen LogP contribution in [0.3, 0.4) is 0 Å². The number of carbonyl (C=O) groups excluding carboxylic acids is 1. The molecule has 0 aromatic heterocycles. The molecule has 0 heterocycles. The highest BCUT2D eigenvalue weighted by atomic mass is 127. The van der Waals surface area contributed by atoms with Crippen molar-refractivity contribution < 1.29 is 18.4 Å². The molecule has 2 N–H and O–H groups in total. The summed E-state index contributed by atoms with van der Waals surface area (Å²) in [6.45, 7) is 2.26. The van der Waals surface area contributed by atoms with E-state index in [4.69, 9.17) is 4.84 Å². The van der Waals surface area contributed by atoms with Crippen LogP contribution in [-0.4, -0.2) is 12.5 Å². The van der Waals surface area contributed by atoms with Crippen molar-refractivity contribution in [1.29, 1.82) is 0 Å². The molecule has 0 radical (unpaired) electrons. The number of nitrogens with one attached hydrogen (secondary N) is 2. The molecule has 1 amide bonds. The number of anilines is 2. The van der Waals surface area contributed by atoms with Gasteiger partial charge >= 0.3 is 0 Å². The molecule has 144 valence electrons. The Balaban J connectivity index is 1.86. The predicted molar refractivity (Wildman–Crippen MR) is 112 cm³/mol. The van der Waals surface area contributed by atoms with Gasteiger partial charge < -0.3 is 5.32 Å². The van der Waals surface area contributed by atoms with E-state index in [2.05, 4.69) is 49.3 Å². The maximum Gasteiger partial charge on any atom is 0.277 e. The number of aryl methyl sites for hydroxylation is 1. The summed E-state index contributed by atoms with van der Waals surface area (Å²) >= 11 is 5.12. The molecular formula is C19H18BrF2IN2O2. The van der Waals surface area contributed by atoms with Gasteiger partial charge in [0.25, 0.3) is 5.91 Å². The third kappa shape index (κ3) is 4.78. The lowest BCUT2D eigenvalue weighted by atomic mass is 9.86. The van der Waals surface area contributed by atoms with Crippen LogP contribution < -0.4 is 10.8 Å². The molecule has 0 atom stereocenters. The second-order valence-corrected chi connectivity index (χ2v) is 8.63. The van der Waals surface area contributed by atoms with E-state index in [0.717, 1.165) is 22.0 Å². The van der Waals surface area contributed by atoms with Crippen molar-refractivity contribution in [1.82, 2.24) is 5.48 Å². The molecule has 2 aromatic rings. The molecular weight excluding hydrogens is 533 g/mol. The average molecular weight is 551 g/mol. The molecule has 0 unspecified atom stereocenters. The monoisotopic (exact) mass is 550 g/mol. The molecule has 27 heavy (non-hydrogen) atoms. The normalized spacial score (nSPS) is 14.0. The Hall–Kier alpha value is -1.26. The summed E-state index contributed by atoms with van der Waals surface area (Å²) in [6, 6.07) is 6.73. The molecule has 0 saturated heterocycles. The summed E-state index contributed by atoms with van der Waals surface area (Å²) in [5.41, 5.74) is 3.48. The van der Waals surface area contributed by atoms with Crippen molar-refractivity contribution in [2.75, 3.05) is 11.9 Å². The van der Waals surface area contributed by atoms with E-state index in [1.807, 2.05) is 19.1 Å². The molecule has 8 heteroatoms. The highest BCUT2D eigenvalue weighted by molar-refractivity contribution is 14.1. The number of rotatable bonds is 6. The number of hydrogen-bond donors (Lipinski definition) is 2. The molecule has 0 aliphatic heterocycles. The molecule has 2 aromatic carbocycles. The number of benzene rings is 2. The summed E-state index contributed by atoms with van der Waals surface area (Å²) in [5, 5.41) is 2.85. The van der Waals surface area contributed by atoms with Crippen LogP contribution in [0.5, 0.6) is 0 Å². The second-order valence-electron chi connectivity index (χ2n) is 6.53. The molecule has 1 fully saturated rings. The minimum Gasteiger partial charge on any atom is -0.352 e. The Kier molecular flexibility index (Phi) is 6.69. The fourth-order valence-corrected chi connectivity index (χ4v) is 3.79. The van der Waals surface area contributed by atoms with Crippen molar-refractivity contribution in [3.63, 3.8) is 0 Å². The lowest BCUT2D eigenvalue weighted by molar-refractivity contribution is 0.00321. The average Bonchev–Trinajstić information content (AvgIpc) is 2.59. The van der Waals surface area contributed by atoms with Crippen LogP contribution in [0.25, 0.3) is 0 Å². The van der Waals surface area contributed by atoms with Crippen LogP contribution in [0.15, 0.2) is 28.7 Å². The van der Waals surface area contributed by atoms with Crippen molar-refractivity contribution >= 4 is 55.8 Å². The Labute approximate surface area is 178 Å². The standard InChI is InChI=1S/C19H18BrF2IN2O2/c1-10-7-12(23)5-6-15(10)24-18-13(8-14(20)16(21)17(18)22)19(26)25-27-9-11-3-2-4-11/h5-8,11,24H,2-4,9H2,1H3,(H,25,26). The third-order valence-electron chi connectivity index (χ3n) is 4.56. The van der Waals surface area contributed by atoms with Gasteiger partial charge in [-0.05, 0) is 94.0 Å². The molecule has 1 aliphatic carbocycles. The zero-order chi connectivity index (χ0) is 19.6. The Morgan fingerprint density at radius 2 is 2.04 bits per heavy atom. The van der Waals surface area contributed by atoms with E-state index >= 15 is 0 Å². The largest absolute Gasteiger partial charge is 0.352 e. The lowest BCUT2D eigenvalue weighted by Gasteiger charge is -2.24. The van der Waals surface area contributed by atoms with Gasteiger partial charge in [-0.15, -0.1) is 0 Å². The number of amides is 1. The van der Waals surface area contributed by atoms with Crippen LogP contribution in [-0.2, 0) is 4.84 Å². The minimum atomic E-state index is -1.13. The van der Waals surface area contributed by atoms with Gasteiger partial charge in [-0.3, -0.25) is 9.63 Å². The zero-order valence-electron chi connectivity index (χ0n) is 14.5. The van der Waals surface area contributed by atoms with E-state index in [-0.39, 0.29) is 15.7 Å². The highest BCUT2D eigenvalue weighted by Gasteiger charge is 2.23. The lowest BCUT2D eigenvalue weighted by Crippen LogP contribution is -2.29. The summed E-state index contributed by atoms with van der Waals surface area (Å²) in [6.07, 6.45) is 3.32. The van der Waals surface area contributed by atoms with Crippen LogP contribution in [0.1, 0.15) is 35.2 Å². The van der Waals surface area contributed by atoms with Gasteiger partial charge in [-0.1, -0.05) is 6.42 Å². The Morgan fingerprint density at radius 3 is 2.67 bits per heavy atom. The van der Waals surface area contributed by atoms with Crippen molar-refractivity contribution in [2.45, 2.75) is 26.2 Å². The maximum atomic E-state index is 14.6. The van der Waals surface area contributed by atoms with Crippen LogP contribution in [0.4, 0.5) is 20.2 Å². The fourth-order valence-electron chi connectivity index (χ4n) is 2.74. The minimum absolute atomic E-state index is 0.0488. The van der Waals surface area contributed by atoms with Gasteiger partial charge in [0.1, 0.15) is 0 Å². The van der Waals surface area contributed by atoms with Gasteiger partial charge in [-0.2, -0.15) is 0 Å². The van der Waals surface area contributed by atoms with Crippen LogP contribution in [0, 0.1) is 28.0 Å². The Bertz CT molecular complexity index is 875. The van der Waals surface area contributed by atoms with Crippen molar-refractivity contribution in [2.24, 2.45) is 5.92 Å². The first-order valence-electron chi connectivity index (χ1n) is 8.49. The SMILES string of the molecule is Cc1cc(I)ccc1Nc1c(C(=O)NOCC2CCC2)cc(Br)c(F)c1F. The van der Waals surface area contributed by atoms with Crippen LogP contribution in [0.2, 0.25) is 0 Å². The fraction of sp³-hybridized carbons (Fsp3) is 0.316. The molecule has 0 spiro atoms. The molecule has 4 nitrogen and oxygen atoms in total. The first kappa shape index (κ1) is 20.5. The number of hydroxylamine groups is 1. The second kappa shape index (κ2) is 8.83. The summed E-state index contributed by atoms with van der Waals surface area (Å²) in [5.74, 6) is -2.40. The van der Waals surface area contributed by atoms with E-state index < -0.39 is 17.5 Å². The number of hydrogen-bond acceptors (Lipinski definition) is 3. The van der Waals surface area contributed by atoms with E-state index in [9.17, 15) is 13.6 Å². The zero-order valence-corrected chi connectivity index (χ0v) is 18.3. The van der Waals surface area contributed by atoms with Gasteiger partial charge in [-0.25, -0.2) is 14.3 Å². The molecule has 3 rings (SSSR count). The molecule has 1 aliphatic rings. The van der Waals surface area contributed by atoms with E-state index in [0.29, 0.717) is 18.2 Å². The van der Waals surface area contributed by atoms with Crippen molar-refractivity contribution in [3.05, 3.63) is 55.1 Å². The number of halogens is 4. The van der Waals surface area contributed by atoms with Crippen molar-refractivity contribution in [3.8, 4) is 0 Å². The first-order chi connectivity index (χ1) is 12.9. The van der Waals surface area contributed by atoms with Gasteiger partial charge in [0, 0.05) is 9.26 Å². The smallest absolute Gasteiger partial charge is 0.277 e. The summed E-state index contributed by atoms with van der Waals surface area (Å²) in [4.78, 5) is 17.8. The summed E-state index contributed by atoms with van der Waals surface area (Å²) in [7, 11) is 0. The van der Waals surface area contributed by atoms with E-state index in [1.165, 1.54) is 12.5 Å². The van der Waals surface area contributed by atoms with Gasteiger partial charge in [0.2, 0.25) is 0 Å². The predicted octanol–water partition coefficient (Wildman–Crippen LogP) is 5.85. The first-order valence-corrected chi connectivity index (χ1v) is 10.4. The maximum absolute atomic E-state index is 14.6. The number of carbonyl (C=O) groups is 1. The Morgan fingerprint density at radius 1 is 1.30 bits per heavy atom. The molecule has 0 bridgehead atoms. The summed E-state index contributed by atoms with van der Waals surface area (Å²) < 4.78 is 29.6. The molecule has 1 saturated carbocycles. The highest BCUT2D eigenvalue weighted by Crippen LogP contribution is 2.32. The van der Waals surface area contributed by atoms with Crippen LogP contribution >= 0.6 is 38.5 Å². The van der Waals surface area contributed by atoms with Gasteiger partial charge in [0.05, 0.1) is 22.3 Å². The third-order valence-corrected chi connectivity index (χ3v) is 5.81. The van der Waals surface area contributed by atoms with Gasteiger partial charge in [0.15, 0.2) is 11.6 Å². The van der Waals surface area contributed by atoms with E-state index in [1.54, 1.807) is 6.07 Å². The quantitative estimate of drug-likeness (QED) is 0.270.